The SMILES string of the molecule is CON(C)C(=O)NCc1ccc2nc(C)sc2c1. The number of thiazole rings is 1. The Morgan fingerprint density at radius 2 is 2.33 bits per heavy atom. The van der Waals surface area contributed by atoms with Gasteiger partial charge in [0.25, 0.3) is 0 Å². The molecule has 0 aliphatic heterocycles. The van der Waals surface area contributed by atoms with Crippen molar-refractivity contribution in [3.05, 3.63) is 28.8 Å². The first-order valence-corrected chi connectivity index (χ1v) is 6.33. The van der Waals surface area contributed by atoms with Crippen LogP contribution in [0.5, 0.6) is 0 Å². The molecule has 1 N–H and O–H groups in total. The van der Waals surface area contributed by atoms with Gasteiger partial charge in [-0.05, 0) is 24.6 Å². The summed E-state index contributed by atoms with van der Waals surface area (Å²) in [5, 5.41) is 4.96. The highest BCUT2D eigenvalue weighted by Crippen LogP contribution is 2.22. The molecule has 0 bridgehead atoms. The second kappa shape index (κ2) is 5.32. The van der Waals surface area contributed by atoms with E-state index in [4.69, 9.17) is 4.84 Å². The lowest BCUT2D eigenvalue weighted by atomic mass is 10.2. The first-order valence-electron chi connectivity index (χ1n) is 5.52. The van der Waals surface area contributed by atoms with Crippen molar-refractivity contribution in [2.75, 3.05) is 14.2 Å². The van der Waals surface area contributed by atoms with Crippen molar-refractivity contribution in [3.63, 3.8) is 0 Å². The number of carbonyl (C=O) groups excluding carboxylic acids is 1. The molecule has 0 radical (unpaired) electrons. The summed E-state index contributed by atoms with van der Waals surface area (Å²) in [4.78, 5) is 20.7. The van der Waals surface area contributed by atoms with E-state index in [0.29, 0.717) is 6.54 Å². The van der Waals surface area contributed by atoms with Crippen LogP contribution in [-0.4, -0.2) is 30.2 Å². The van der Waals surface area contributed by atoms with Gasteiger partial charge in [0.1, 0.15) is 0 Å². The topological polar surface area (TPSA) is 54.5 Å². The fourth-order valence-corrected chi connectivity index (χ4v) is 2.46. The lowest BCUT2D eigenvalue weighted by molar-refractivity contribution is -0.0648. The Bertz CT molecular complexity index is 567. The maximum Gasteiger partial charge on any atom is 0.341 e. The minimum Gasteiger partial charge on any atom is -0.332 e. The molecule has 0 fully saturated rings. The van der Waals surface area contributed by atoms with E-state index in [1.54, 1.807) is 18.4 Å². The number of nitrogens with zero attached hydrogens (tertiary/aromatic N) is 2. The van der Waals surface area contributed by atoms with Gasteiger partial charge in [-0.3, -0.25) is 4.84 Å². The van der Waals surface area contributed by atoms with E-state index in [1.165, 1.54) is 7.11 Å². The van der Waals surface area contributed by atoms with Crippen LogP contribution < -0.4 is 5.32 Å². The zero-order chi connectivity index (χ0) is 13.1. The summed E-state index contributed by atoms with van der Waals surface area (Å²) in [7, 11) is 3.01. The summed E-state index contributed by atoms with van der Waals surface area (Å²) in [5.74, 6) is 0. The van der Waals surface area contributed by atoms with Gasteiger partial charge >= 0.3 is 6.03 Å². The Morgan fingerprint density at radius 3 is 3.06 bits per heavy atom. The van der Waals surface area contributed by atoms with Crippen molar-refractivity contribution in [3.8, 4) is 0 Å². The van der Waals surface area contributed by atoms with Crippen LogP contribution >= 0.6 is 11.3 Å². The molecule has 0 saturated heterocycles. The van der Waals surface area contributed by atoms with Crippen LogP contribution in [0.2, 0.25) is 0 Å². The average molecular weight is 265 g/mol. The number of rotatable bonds is 3. The van der Waals surface area contributed by atoms with Gasteiger partial charge in [-0.15, -0.1) is 11.3 Å². The highest BCUT2D eigenvalue weighted by atomic mass is 32.1. The Balaban J connectivity index is 2.05. The molecule has 0 atom stereocenters. The summed E-state index contributed by atoms with van der Waals surface area (Å²) >= 11 is 1.65. The number of hydrogen-bond donors (Lipinski definition) is 1. The lowest BCUT2D eigenvalue weighted by Gasteiger charge is -2.14. The third-order valence-corrected chi connectivity index (χ3v) is 3.50. The Labute approximate surface area is 109 Å². The Kier molecular flexibility index (Phi) is 3.78. The standard InChI is InChI=1S/C12H15N3O2S/c1-8-14-10-5-4-9(6-11(10)18-8)7-13-12(16)15(2)17-3/h4-6H,7H2,1-3H3,(H,13,16). The zero-order valence-electron chi connectivity index (χ0n) is 10.6. The normalized spacial score (nSPS) is 10.6. The summed E-state index contributed by atoms with van der Waals surface area (Å²) in [6.45, 7) is 2.46. The third-order valence-electron chi connectivity index (χ3n) is 2.56. The van der Waals surface area contributed by atoms with Gasteiger partial charge in [0.15, 0.2) is 0 Å². The van der Waals surface area contributed by atoms with Crippen molar-refractivity contribution in [2.24, 2.45) is 0 Å². The van der Waals surface area contributed by atoms with Crippen LogP contribution in [0.4, 0.5) is 4.79 Å². The van der Waals surface area contributed by atoms with Crippen molar-refractivity contribution in [2.45, 2.75) is 13.5 Å². The van der Waals surface area contributed by atoms with Gasteiger partial charge in [-0.1, -0.05) is 6.07 Å². The molecule has 0 unspecified atom stereocenters. The molecular weight excluding hydrogens is 250 g/mol. The lowest BCUT2D eigenvalue weighted by Crippen LogP contribution is -2.35. The van der Waals surface area contributed by atoms with E-state index < -0.39 is 0 Å². The van der Waals surface area contributed by atoms with Crippen LogP contribution in [0.3, 0.4) is 0 Å². The average Bonchev–Trinajstić information content (AvgIpc) is 2.74. The number of hydrogen-bond acceptors (Lipinski definition) is 4. The summed E-state index contributed by atoms with van der Waals surface area (Å²) < 4.78 is 1.14. The van der Waals surface area contributed by atoms with E-state index in [1.807, 2.05) is 25.1 Å². The number of benzene rings is 1. The number of carbonyl (C=O) groups is 1. The molecule has 6 heteroatoms. The molecule has 0 spiro atoms. The van der Waals surface area contributed by atoms with Gasteiger partial charge < -0.3 is 5.32 Å². The van der Waals surface area contributed by atoms with Crippen LogP contribution in [-0.2, 0) is 11.4 Å². The first kappa shape index (κ1) is 12.8. The fourth-order valence-electron chi connectivity index (χ4n) is 1.57. The molecule has 2 rings (SSSR count). The molecule has 0 saturated carbocycles. The predicted octanol–water partition coefficient (Wildman–Crippen LogP) is 2.31. The van der Waals surface area contributed by atoms with Crippen LogP contribution in [0.25, 0.3) is 10.2 Å². The van der Waals surface area contributed by atoms with E-state index >= 15 is 0 Å². The van der Waals surface area contributed by atoms with E-state index in [0.717, 1.165) is 25.9 Å². The second-order valence-electron chi connectivity index (χ2n) is 3.87. The minimum absolute atomic E-state index is 0.266. The van der Waals surface area contributed by atoms with E-state index in [2.05, 4.69) is 10.3 Å². The maximum absolute atomic E-state index is 11.5. The van der Waals surface area contributed by atoms with Crippen molar-refractivity contribution in [1.82, 2.24) is 15.4 Å². The van der Waals surface area contributed by atoms with E-state index in [-0.39, 0.29) is 6.03 Å². The second-order valence-corrected chi connectivity index (χ2v) is 5.11. The van der Waals surface area contributed by atoms with E-state index in [9.17, 15) is 4.79 Å². The zero-order valence-corrected chi connectivity index (χ0v) is 11.4. The Morgan fingerprint density at radius 1 is 1.56 bits per heavy atom. The number of aromatic nitrogens is 1. The number of urea groups is 1. The fraction of sp³-hybridized carbons (Fsp3) is 0.333. The van der Waals surface area contributed by atoms with Gasteiger partial charge in [0, 0.05) is 13.6 Å². The largest absolute Gasteiger partial charge is 0.341 e. The van der Waals surface area contributed by atoms with Crippen LogP contribution in [0.15, 0.2) is 18.2 Å². The third kappa shape index (κ3) is 2.77. The van der Waals surface area contributed by atoms with Crippen molar-refractivity contribution < 1.29 is 9.63 Å². The quantitative estimate of drug-likeness (QED) is 0.866. The molecule has 1 aromatic carbocycles. The molecule has 2 aromatic rings. The van der Waals surface area contributed by atoms with Crippen molar-refractivity contribution >= 4 is 27.6 Å². The van der Waals surface area contributed by atoms with Gasteiger partial charge in [0.05, 0.1) is 22.3 Å². The highest BCUT2D eigenvalue weighted by molar-refractivity contribution is 7.18. The summed E-state index contributed by atoms with van der Waals surface area (Å²) in [5.41, 5.74) is 2.05. The smallest absolute Gasteiger partial charge is 0.332 e. The number of nitrogens with one attached hydrogen (secondary N) is 1. The number of hydroxylamine groups is 2. The number of amides is 2. The van der Waals surface area contributed by atoms with Gasteiger partial charge in [-0.25, -0.2) is 14.8 Å². The minimum atomic E-state index is -0.266. The molecule has 0 aliphatic rings. The van der Waals surface area contributed by atoms with Crippen LogP contribution in [0.1, 0.15) is 10.6 Å². The van der Waals surface area contributed by atoms with Gasteiger partial charge in [0.2, 0.25) is 0 Å². The van der Waals surface area contributed by atoms with Crippen molar-refractivity contribution in [1.29, 1.82) is 0 Å². The number of aryl methyl sites for hydroxylation is 1. The molecular formula is C12H15N3O2S. The molecule has 2 amide bonds. The van der Waals surface area contributed by atoms with Crippen LogP contribution in [0, 0.1) is 6.92 Å². The first-order chi connectivity index (χ1) is 8.60. The molecule has 5 nitrogen and oxygen atoms in total. The number of fused-ring (bicyclic) bond motifs is 1. The van der Waals surface area contributed by atoms with Gasteiger partial charge in [-0.2, -0.15) is 0 Å². The molecule has 0 aliphatic carbocycles. The monoisotopic (exact) mass is 265 g/mol. The molecule has 18 heavy (non-hydrogen) atoms. The molecule has 96 valence electrons. The summed E-state index contributed by atoms with van der Waals surface area (Å²) in [6.07, 6.45) is 0. The molecule has 1 heterocycles. The maximum atomic E-state index is 11.5. The molecule has 1 aromatic heterocycles. The highest BCUT2D eigenvalue weighted by Gasteiger charge is 2.07. The predicted molar refractivity (Wildman–Crippen MR) is 71.4 cm³/mol. The Hall–Kier alpha value is -1.66. The summed E-state index contributed by atoms with van der Waals surface area (Å²) in [6, 6.07) is 5.72.